The van der Waals surface area contributed by atoms with Crippen LogP contribution in [0.5, 0.6) is 5.75 Å². The smallest absolute Gasteiger partial charge is 0.314 e. The first-order valence-corrected chi connectivity index (χ1v) is 13.5. The Morgan fingerprint density at radius 3 is 1.97 bits per heavy atom. The van der Waals surface area contributed by atoms with E-state index in [-0.39, 0.29) is 11.9 Å². The Morgan fingerprint density at radius 2 is 1.35 bits per heavy atom. The lowest BCUT2D eigenvalue weighted by Crippen LogP contribution is -2.30. The van der Waals surface area contributed by atoms with Gasteiger partial charge < -0.3 is 4.74 Å². The summed E-state index contributed by atoms with van der Waals surface area (Å²) < 4.78 is 5.74. The topological polar surface area (TPSA) is 26.3 Å². The number of hydrogen-bond acceptors (Lipinski definition) is 2. The molecule has 0 bridgehead atoms. The molecule has 0 saturated heterocycles. The molecule has 2 fully saturated rings. The van der Waals surface area contributed by atoms with Crippen LogP contribution in [0.15, 0.2) is 24.3 Å². The van der Waals surface area contributed by atoms with Crippen molar-refractivity contribution in [3.05, 3.63) is 29.8 Å². The number of hydrogen-bond donors (Lipinski definition) is 0. The van der Waals surface area contributed by atoms with Gasteiger partial charge in [-0.15, -0.1) is 0 Å². The number of benzene rings is 1. The Balaban J connectivity index is 1.35. The third kappa shape index (κ3) is 7.95. The van der Waals surface area contributed by atoms with Crippen molar-refractivity contribution in [1.82, 2.24) is 0 Å². The number of esters is 1. The van der Waals surface area contributed by atoms with Crippen molar-refractivity contribution in [2.24, 2.45) is 23.7 Å². The molecule has 2 nitrogen and oxygen atoms in total. The maximum Gasteiger partial charge on any atom is 0.314 e. The van der Waals surface area contributed by atoms with Gasteiger partial charge in [-0.2, -0.15) is 0 Å². The van der Waals surface area contributed by atoms with E-state index in [0.717, 1.165) is 37.0 Å². The van der Waals surface area contributed by atoms with Gasteiger partial charge in [0.2, 0.25) is 0 Å². The minimum atomic E-state index is -0.00295. The molecule has 0 unspecified atom stereocenters. The van der Waals surface area contributed by atoms with Gasteiger partial charge in [0.15, 0.2) is 0 Å². The predicted molar refractivity (Wildman–Crippen MR) is 130 cm³/mol. The molecule has 0 N–H and O–H groups in total. The monoisotopic (exact) mass is 426 g/mol. The van der Waals surface area contributed by atoms with Crippen molar-refractivity contribution in [1.29, 1.82) is 0 Å². The molecule has 1 aromatic rings. The summed E-state index contributed by atoms with van der Waals surface area (Å²) in [7, 11) is 0. The van der Waals surface area contributed by atoms with Crippen molar-refractivity contribution in [2.75, 3.05) is 0 Å². The van der Waals surface area contributed by atoms with Crippen molar-refractivity contribution < 1.29 is 9.53 Å². The normalized spacial score (nSPS) is 26.5. The second-order valence-electron chi connectivity index (χ2n) is 10.4. The summed E-state index contributed by atoms with van der Waals surface area (Å²) in [5.74, 6) is 3.57. The number of aryl methyl sites for hydroxylation is 1. The van der Waals surface area contributed by atoms with Crippen LogP contribution in [0.3, 0.4) is 0 Å². The van der Waals surface area contributed by atoms with E-state index in [0.29, 0.717) is 5.75 Å². The summed E-state index contributed by atoms with van der Waals surface area (Å²) >= 11 is 0. The molecule has 2 aliphatic carbocycles. The minimum Gasteiger partial charge on any atom is -0.426 e. The summed E-state index contributed by atoms with van der Waals surface area (Å²) in [6, 6.07) is 8.19. The number of carbonyl (C=O) groups is 1. The zero-order valence-corrected chi connectivity index (χ0v) is 20.2. The van der Waals surface area contributed by atoms with Crippen LogP contribution in [0, 0.1) is 23.7 Å². The Morgan fingerprint density at radius 1 is 0.774 bits per heavy atom. The maximum atomic E-state index is 12.7. The first-order valence-electron chi connectivity index (χ1n) is 13.5. The molecule has 31 heavy (non-hydrogen) atoms. The van der Waals surface area contributed by atoms with Crippen molar-refractivity contribution in [3.63, 3.8) is 0 Å². The van der Waals surface area contributed by atoms with E-state index in [1.807, 2.05) is 12.1 Å². The van der Waals surface area contributed by atoms with Gasteiger partial charge in [0.05, 0.1) is 5.92 Å². The van der Waals surface area contributed by atoms with Crippen LogP contribution < -0.4 is 4.74 Å². The summed E-state index contributed by atoms with van der Waals surface area (Å²) in [5, 5.41) is 0. The highest BCUT2D eigenvalue weighted by atomic mass is 16.5. The second kappa shape index (κ2) is 13.3. The third-order valence-electron chi connectivity index (χ3n) is 8.09. The molecular formula is C29H46O2. The van der Waals surface area contributed by atoms with Crippen molar-refractivity contribution in [3.8, 4) is 5.75 Å². The first-order chi connectivity index (χ1) is 15.2. The summed E-state index contributed by atoms with van der Waals surface area (Å²) in [4.78, 5) is 12.7. The van der Waals surface area contributed by atoms with E-state index < -0.39 is 0 Å². The van der Waals surface area contributed by atoms with Gasteiger partial charge in [0, 0.05) is 0 Å². The first kappa shape index (κ1) is 24.3. The second-order valence-corrected chi connectivity index (χ2v) is 10.4. The zero-order chi connectivity index (χ0) is 21.9. The lowest BCUT2D eigenvalue weighted by molar-refractivity contribution is -0.140. The Labute approximate surface area is 191 Å². The zero-order valence-electron chi connectivity index (χ0n) is 20.2. The highest BCUT2D eigenvalue weighted by molar-refractivity contribution is 5.75. The van der Waals surface area contributed by atoms with Crippen LogP contribution in [0.2, 0.25) is 0 Å². The van der Waals surface area contributed by atoms with E-state index in [1.54, 1.807) is 0 Å². The van der Waals surface area contributed by atoms with E-state index in [2.05, 4.69) is 26.0 Å². The summed E-state index contributed by atoms with van der Waals surface area (Å²) in [6.07, 6.45) is 20.8. The van der Waals surface area contributed by atoms with E-state index in [1.165, 1.54) is 89.0 Å². The minimum absolute atomic E-state index is 0.00295. The molecule has 0 amide bonds. The Hall–Kier alpha value is -1.31. The fraction of sp³-hybridized carbons (Fsp3) is 0.759. The lowest BCUT2D eigenvalue weighted by atomic mass is 9.68. The highest BCUT2D eigenvalue weighted by Crippen LogP contribution is 2.42. The average molecular weight is 427 g/mol. The van der Waals surface area contributed by atoms with Crippen molar-refractivity contribution >= 4 is 5.97 Å². The SMILES string of the molecule is CCCCCc1ccc(OC(=O)C2CCC(C3CCC(CCCCC)CC3)CC2)cc1. The van der Waals surface area contributed by atoms with Crippen LogP contribution in [0.25, 0.3) is 0 Å². The molecule has 0 aromatic heterocycles. The quantitative estimate of drug-likeness (QED) is 0.201. The molecular weight excluding hydrogens is 380 g/mol. The molecule has 2 saturated carbocycles. The molecule has 0 heterocycles. The molecule has 0 aliphatic heterocycles. The van der Waals surface area contributed by atoms with Gasteiger partial charge in [-0.25, -0.2) is 0 Å². The number of ether oxygens (including phenoxy) is 1. The molecule has 1 aromatic carbocycles. The standard InChI is InChI=1S/C29H46O2/c1-3-5-7-9-23-11-15-25(16-12-23)26-17-19-27(20-18-26)29(30)31-28-21-13-24(14-22-28)10-8-6-4-2/h13-14,21-23,25-27H,3-12,15-20H2,1-2H3. The van der Waals surface area contributed by atoms with E-state index in [4.69, 9.17) is 4.74 Å². The van der Waals surface area contributed by atoms with Crippen LogP contribution in [-0.2, 0) is 11.2 Å². The Kier molecular flexibility index (Phi) is 10.4. The number of unbranched alkanes of at least 4 members (excludes halogenated alkanes) is 4. The molecule has 0 atom stereocenters. The molecule has 0 radical (unpaired) electrons. The van der Waals surface area contributed by atoms with Gasteiger partial charge >= 0.3 is 5.97 Å². The molecule has 174 valence electrons. The van der Waals surface area contributed by atoms with Crippen LogP contribution >= 0.6 is 0 Å². The molecule has 2 aliphatic rings. The van der Waals surface area contributed by atoms with Gasteiger partial charge in [0.25, 0.3) is 0 Å². The summed E-state index contributed by atoms with van der Waals surface area (Å²) in [6.45, 7) is 4.53. The average Bonchev–Trinajstić information content (AvgIpc) is 2.81. The van der Waals surface area contributed by atoms with E-state index >= 15 is 0 Å². The molecule has 2 heteroatoms. The fourth-order valence-electron chi connectivity index (χ4n) is 5.96. The summed E-state index contributed by atoms with van der Waals surface area (Å²) in [5.41, 5.74) is 1.34. The highest BCUT2D eigenvalue weighted by Gasteiger charge is 2.33. The number of rotatable bonds is 11. The predicted octanol–water partition coefficient (Wildman–Crippen LogP) is 8.52. The lowest BCUT2D eigenvalue weighted by Gasteiger charge is -2.37. The fourth-order valence-corrected chi connectivity index (χ4v) is 5.96. The van der Waals surface area contributed by atoms with Gasteiger partial charge in [-0.3, -0.25) is 4.79 Å². The van der Waals surface area contributed by atoms with E-state index in [9.17, 15) is 4.79 Å². The van der Waals surface area contributed by atoms with Crippen molar-refractivity contribution in [2.45, 2.75) is 117 Å². The van der Waals surface area contributed by atoms with Gasteiger partial charge in [-0.05, 0) is 86.8 Å². The maximum absolute atomic E-state index is 12.7. The van der Waals surface area contributed by atoms with Gasteiger partial charge in [0.1, 0.15) is 5.75 Å². The number of carbonyl (C=O) groups excluding carboxylic acids is 1. The molecule has 0 spiro atoms. The van der Waals surface area contributed by atoms with Gasteiger partial charge in [-0.1, -0.05) is 77.3 Å². The van der Waals surface area contributed by atoms with Crippen LogP contribution in [0.1, 0.15) is 116 Å². The van der Waals surface area contributed by atoms with Crippen LogP contribution in [-0.4, -0.2) is 5.97 Å². The molecule has 3 rings (SSSR count). The largest absolute Gasteiger partial charge is 0.426 e. The van der Waals surface area contributed by atoms with Crippen LogP contribution in [0.4, 0.5) is 0 Å². The Bertz CT molecular complexity index is 619. The third-order valence-corrected chi connectivity index (χ3v) is 8.09.